The monoisotopic (exact) mass is 594 g/mol. The molecule has 0 bridgehead atoms. The van der Waals surface area contributed by atoms with E-state index in [4.69, 9.17) is 24.3 Å². The molecule has 0 aliphatic rings. The molecule has 45 heavy (non-hydrogen) atoms. The van der Waals surface area contributed by atoms with E-state index in [2.05, 4.69) is 87.6 Å². The number of ether oxygens (including phenoxy) is 2. The Hall–Kier alpha value is -5.96. The van der Waals surface area contributed by atoms with E-state index in [1.165, 1.54) is 5.56 Å². The second kappa shape index (κ2) is 12.3. The summed E-state index contributed by atoms with van der Waals surface area (Å²) in [4.78, 5) is 15.5. The molecule has 4 aromatic carbocycles. The van der Waals surface area contributed by atoms with Crippen molar-refractivity contribution in [2.24, 2.45) is 5.16 Å². The van der Waals surface area contributed by atoms with Gasteiger partial charge in [0.1, 0.15) is 12.0 Å². The van der Waals surface area contributed by atoms with Crippen LogP contribution in [0, 0.1) is 0 Å². The highest BCUT2D eigenvalue weighted by Crippen LogP contribution is 2.42. The average Bonchev–Trinajstić information content (AvgIpc) is 3.66. The molecule has 0 spiro atoms. The van der Waals surface area contributed by atoms with Crippen LogP contribution in [0.1, 0.15) is 17.0 Å². The lowest BCUT2D eigenvalue weighted by molar-refractivity contribution is 0.126. The van der Waals surface area contributed by atoms with E-state index in [-0.39, 0.29) is 6.61 Å². The molecule has 0 saturated carbocycles. The Labute approximate surface area is 260 Å². The average molecular weight is 595 g/mol. The van der Waals surface area contributed by atoms with Gasteiger partial charge in [-0.1, -0.05) is 96.2 Å². The van der Waals surface area contributed by atoms with Crippen molar-refractivity contribution < 1.29 is 14.3 Å². The second-order valence-electron chi connectivity index (χ2n) is 10.4. The predicted octanol–water partition coefficient (Wildman–Crippen LogP) is 7.03. The SMILES string of the molecule is COc1ccc(/C=N/OCc2nc3c4c(-c5ccccc5)c(-c5ccccc5)n(Cc5ccccc5)c4ncn3n2)cc1OC. The lowest BCUT2D eigenvalue weighted by atomic mass is 9.99. The van der Waals surface area contributed by atoms with E-state index in [1.807, 2.05) is 36.4 Å². The smallest absolute Gasteiger partial charge is 0.192 e. The van der Waals surface area contributed by atoms with Gasteiger partial charge in [0.2, 0.25) is 0 Å². The highest BCUT2D eigenvalue weighted by atomic mass is 16.6. The second-order valence-corrected chi connectivity index (χ2v) is 10.4. The van der Waals surface area contributed by atoms with Crippen molar-refractivity contribution in [2.75, 3.05) is 14.2 Å². The maximum absolute atomic E-state index is 5.62. The Balaban J connectivity index is 1.32. The lowest BCUT2D eigenvalue weighted by Crippen LogP contribution is -2.03. The summed E-state index contributed by atoms with van der Waals surface area (Å²) >= 11 is 0. The van der Waals surface area contributed by atoms with Gasteiger partial charge in [0.15, 0.2) is 29.6 Å². The Morgan fingerprint density at radius 2 is 1.44 bits per heavy atom. The number of hydrogen-bond acceptors (Lipinski definition) is 7. The maximum atomic E-state index is 5.62. The number of rotatable bonds is 10. The normalized spacial score (nSPS) is 11.4. The van der Waals surface area contributed by atoms with Crippen LogP contribution in [-0.4, -0.2) is 44.6 Å². The number of fused-ring (bicyclic) bond motifs is 3. The van der Waals surface area contributed by atoms with E-state index in [0.717, 1.165) is 39.0 Å². The summed E-state index contributed by atoms with van der Waals surface area (Å²) in [5, 5.41) is 9.75. The molecule has 7 rings (SSSR count). The van der Waals surface area contributed by atoms with Crippen LogP contribution in [0.2, 0.25) is 0 Å². The van der Waals surface area contributed by atoms with Gasteiger partial charge in [0.25, 0.3) is 0 Å². The highest BCUT2D eigenvalue weighted by molar-refractivity contribution is 6.09. The summed E-state index contributed by atoms with van der Waals surface area (Å²) in [6, 6.07) is 36.8. The van der Waals surface area contributed by atoms with Crippen molar-refractivity contribution in [3.63, 3.8) is 0 Å². The summed E-state index contributed by atoms with van der Waals surface area (Å²) in [7, 11) is 3.20. The summed E-state index contributed by atoms with van der Waals surface area (Å²) in [5.41, 5.74) is 7.80. The molecular weight excluding hydrogens is 564 g/mol. The molecule has 0 fully saturated rings. The van der Waals surface area contributed by atoms with Crippen molar-refractivity contribution in [1.29, 1.82) is 0 Å². The largest absolute Gasteiger partial charge is 0.493 e. The molecular formula is C36H30N6O3. The van der Waals surface area contributed by atoms with Crippen molar-refractivity contribution in [3.8, 4) is 33.9 Å². The van der Waals surface area contributed by atoms with Crippen LogP contribution < -0.4 is 9.47 Å². The number of aromatic nitrogens is 5. The van der Waals surface area contributed by atoms with E-state index >= 15 is 0 Å². The quantitative estimate of drug-likeness (QED) is 0.125. The van der Waals surface area contributed by atoms with Gasteiger partial charge in [-0.3, -0.25) is 0 Å². The van der Waals surface area contributed by atoms with Gasteiger partial charge in [-0.2, -0.15) is 0 Å². The number of benzene rings is 4. The highest BCUT2D eigenvalue weighted by Gasteiger charge is 2.25. The third-order valence-electron chi connectivity index (χ3n) is 7.59. The molecule has 0 amide bonds. The number of oxime groups is 1. The molecule has 7 aromatic rings. The molecule has 0 aliphatic carbocycles. The van der Waals surface area contributed by atoms with Crippen molar-refractivity contribution in [3.05, 3.63) is 132 Å². The Morgan fingerprint density at radius 1 is 0.756 bits per heavy atom. The minimum atomic E-state index is 0.0872. The van der Waals surface area contributed by atoms with Crippen LogP contribution in [0.25, 0.3) is 39.1 Å². The molecule has 0 N–H and O–H groups in total. The molecule has 0 unspecified atom stereocenters. The summed E-state index contributed by atoms with van der Waals surface area (Å²) < 4.78 is 14.7. The third-order valence-corrected chi connectivity index (χ3v) is 7.59. The van der Waals surface area contributed by atoms with Gasteiger partial charge in [0, 0.05) is 17.7 Å². The van der Waals surface area contributed by atoms with Crippen LogP contribution in [0.4, 0.5) is 0 Å². The first kappa shape index (κ1) is 27.8. The minimum absolute atomic E-state index is 0.0872. The molecule has 3 heterocycles. The summed E-state index contributed by atoms with van der Waals surface area (Å²) in [6.07, 6.45) is 3.33. The van der Waals surface area contributed by atoms with Gasteiger partial charge >= 0.3 is 0 Å². The Kier molecular flexibility index (Phi) is 7.63. The Morgan fingerprint density at radius 3 is 2.16 bits per heavy atom. The van der Waals surface area contributed by atoms with Crippen LogP contribution >= 0.6 is 0 Å². The Bertz CT molecular complexity index is 2110. The number of methoxy groups -OCH3 is 2. The zero-order chi connectivity index (χ0) is 30.6. The number of hydrogen-bond donors (Lipinski definition) is 0. The van der Waals surface area contributed by atoms with E-state index in [9.17, 15) is 0 Å². The molecule has 222 valence electrons. The van der Waals surface area contributed by atoms with Crippen LogP contribution in [-0.2, 0) is 18.0 Å². The molecule has 0 radical (unpaired) electrons. The van der Waals surface area contributed by atoms with E-state index in [0.29, 0.717) is 29.5 Å². The molecule has 0 saturated heterocycles. The third kappa shape index (κ3) is 5.47. The van der Waals surface area contributed by atoms with Crippen molar-refractivity contribution in [1.82, 2.24) is 24.1 Å². The topological polar surface area (TPSA) is 88.1 Å². The van der Waals surface area contributed by atoms with Gasteiger partial charge < -0.3 is 18.9 Å². The molecule has 3 aromatic heterocycles. The first-order valence-electron chi connectivity index (χ1n) is 14.5. The first-order chi connectivity index (χ1) is 22.2. The fraction of sp³-hybridized carbons (Fsp3) is 0.111. The lowest BCUT2D eigenvalue weighted by Gasteiger charge is -2.13. The standard InChI is InChI=1S/C36H30N6O3/c1-43-29-19-18-26(20-30(29)44-2)21-38-45-23-31-39-36-33-32(27-14-8-4-9-15-27)34(28-16-10-5-11-17-28)41(22-25-12-6-3-7-13-25)35(33)37-24-42(36)40-31/h3-21,24H,22-23H2,1-2H3/b38-21+. The summed E-state index contributed by atoms with van der Waals surface area (Å²) in [6.45, 7) is 0.733. The van der Waals surface area contributed by atoms with Gasteiger partial charge in [-0.05, 0) is 34.9 Å². The fourth-order valence-corrected chi connectivity index (χ4v) is 5.57. The number of nitrogens with zero attached hydrogens (tertiary/aromatic N) is 6. The van der Waals surface area contributed by atoms with E-state index < -0.39 is 0 Å². The maximum Gasteiger partial charge on any atom is 0.192 e. The fourth-order valence-electron chi connectivity index (χ4n) is 5.57. The zero-order valence-corrected chi connectivity index (χ0v) is 24.9. The predicted molar refractivity (Wildman–Crippen MR) is 175 cm³/mol. The van der Waals surface area contributed by atoms with Crippen LogP contribution in [0.3, 0.4) is 0 Å². The first-order valence-corrected chi connectivity index (χ1v) is 14.5. The van der Waals surface area contributed by atoms with E-state index in [1.54, 1.807) is 31.3 Å². The molecule has 9 heteroatoms. The molecule has 9 nitrogen and oxygen atoms in total. The molecule has 0 atom stereocenters. The van der Waals surface area contributed by atoms with Crippen LogP contribution in [0.15, 0.2) is 121 Å². The van der Waals surface area contributed by atoms with Crippen molar-refractivity contribution >= 4 is 22.9 Å². The minimum Gasteiger partial charge on any atom is -0.493 e. The van der Waals surface area contributed by atoms with Gasteiger partial charge in [-0.15, -0.1) is 5.10 Å². The van der Waals surface area contributed by atoms with Crippen LogP contribution in [0.5, 0.6) is 11.5 Å². The van der Waals surface area contributed by atoms with Gasteiger partial charge in [0.05, 0.1) is 31.5 Å². The molecule has 0 aliphatic heterocycles. The summed E-state index contributed by atoms with van der Waals surface area (Å²) in [5.74, 6) is 1.75. The zero-order valence-electron chi connectivity index (χ0n) is 24.9. The van der Waals surface area contributed by atoms with Gasteiger partial charge in [-0.25, -0.2) is 14.5 Å². The van der Waals surface area contributed by atoms with Crippen molar-refractivity contribution in [2.45, 2.75) is 13.2 Å².